The minimum Gasteiger partial charge on any atom is -0.493 e. The van der Waals surface area contributed by atoms with Gasteiger partial charge in [-0.05, 0) is 67.8 Å². The molecule has 0 aromatic heterocycles. The van der Waals surface area contributed by atoms with E-state index in [2.05, 4.69) is 5.32 Å². The molecule has 1 N–H and O–H groups in total. The van der Waals surface area contributed by atoms with Crippen molar-refractivity contribution in [2.24, 2.45) is 0 Å². The lowest BCUT2D eigenvalue weighted by atomic mass is 10.1. The summed E-state index contributed by atoms with van der Waals surface area (Å²) in [4.78, 5) is 28.9. The van der Waals surface area contributed by atoms with Gasteiger partial charge < -0.3 is 19.7 Å². The number of benzene rings is 3. The quantitative estimate of drug-likeness (QED) is 0.232. The molecule has 232 valence electrons. The number of halogens is 2. The van der Waals surface area contributed by atoms with E-state index in [1.165, 1.54) is 61.6 Å². The van der Waals surface area contributed by atoms with Crippen molar-refractivity contribution in [2.75, 3.05) is 25.1 Å². The lowest BCUT2D eigenvalue weighted by molar-refractivity contribution is -0.140. The fourth-order valence-electron chi connectivity index (χ4n) is 4.41. The van der Waals surface area contributed by atoms with Gasteiger partial charge in [0.05, 0.1) is 24.8 Å². The normalized spacial score (nSPS) is 12.6. The molecule has 0 aliphatic carbocycles. The number of hydrogen-bond acceptors (Lipinski definition) is 6. The average Bonchev–Trinajstić information content (AvgIpc) is 3.00. The van der Waals surface area contributed by atoms with Crippen LogP contribution in [0.1, 0.15) is 39.2 Å². The van der Waals surface area contributed by atoms with Gasteiger partial charge in [0, 0.05) is 28.7 Å². The van der Waals surface area contributed by atoms with Crippen molar-refractivity contribution >= 4 is 50.7 Å². The third-order valence-corrected chi connectivity index (χ3v) is 9.41. The summed E-state index contributed by atoms with van der Waals surface area (Å²) in [5, 5.41) is 3.77. The van der Waals surface area contributed by atoms with Gasteiger partial charge in [0.15, 0.2) is 11.5 Å². The Kier molecular flexibility index (Phi) is 12.1. The molecule has 0 spiro atoms. The number of rotatable bonds is 14. The maximum Gasteiger partial charge on any atom is 0.264 e. The standard InChI is InChI=1S/C31H37Cl2N3O6S/c1-6-21(3)34-31(38)27(7-2)35(19-22-10-8-9-11-26(22)33)30(37)20-36(24-14-12-23(32)13-15-24)43(39,40)25-16-17-28(41-4)29(18-25)42-5/h8-18,21,27H,6-7,19-20H2,1-5H3,(H,34,38). The Morgan fingerprint density at radius 2 is 1.56 bits per heavy atom. The molecule has 12 heteroatoms. The van der Waals surface area contributed by atoms with Crippen molar-refractivity contribution in [2.45, 2.75) is 57.1 Å². The molecule has 3 aromatic carbocycles. The Balaban J connectivity index is 2.10. The third kappa shape index (κ3) is 8.34. The molecule has 0 saturated carbocycles. The first-order valence-corrected chi connectivity index (χ1v) is 16.0. The molecule has 2 atom stereocenters. The Hall–Kier alpha value is -3.47. The van der Waals surface area contributed by atoms with Crippen molar-refractivity contribution in [3.8, 4) is 11.5 Å². The largest absolute Gasteiger partial charge is 0.493 e. The van der Waals surface area contributed by atoms with Crippen LogP contribution in [0.3, 0.4) is 0 Å². The molecule has 0 radical (unpaired) electrons. The lowest BCUT2D eigenvalue weighted by Crippen LogP contribution is -2.53. The van der Waals surface area contributed by atoms with Crippen LogP contribution < -0.4 is 19.1 Å². The highest BCUT2D eigenvalue weighted by molar-refractivity contribution is 7.92. The van der Waals surface area contributed by atoms with Gasteiger partial charge in [0.2, 0.25) is 11.8 Å². The van der Waals surface area contributed by atoms with E-state index < -0.39 is 28.5 Å². The number of methoxy groups -OCH3 is 2. The van der Waals surface area contributed by atoms with Crippen molar-refractivity contribution in [1.29, 1.82) is 0 Å². The first-order valence-electron chi connectivity index (χ1n) is 13.8. The monoisotopic (exact) mass is 649 g/mol. The first-order chi connectivity index (χ1) is 20.5. The second-order valence-electron chi connectivity index (χ2n) is 9.86. The predicted octanol–water partition coefficient (Wildman–Crippen LogP) is 5.93. The van der Waals surface area contributed by atoms with Crippen LogP contribution in [-0.2, 0) is 26.2 Å². The van der Waals surface area contributed by atoms with E-state index in [-0.39, 0.29) is 34.8 Å². The van der Waals surface area contributed by atoms with Crippen LogP contribution in [0.25, 0.3) is 0 Å². The van der Waals surface area contributed by atoms with E-state index in [9.17, 15) is 18.0 Å². The molecule has 0 heterocycles. The molecule has 43 heavy (non-hydrogen) atoms. The van der Waals surface area contributed by atoms with Gasteiger partial charge in [0.25, 0.3) is 10.0 Å². The molecule has 3 rings (SSSR count). The van der Waals surface area contributed by atoms with E-state index in [1.54, 1.807) is 31.2 Å². The summed E-state index contributed by atoms with van der Waals surface area (Å²) in [6, 6.07) is 16.3. The summed E-state index contributed by atoms with van der Waals surface area (Å²) in [7, 11) is -1.49. The summed E-state index contributed by atoms with van der Waals surface area (Å²) in [6.45, 7) is 5.02. The lowest BCUT2D eigenvalue weighted by Gasteiger charge is -2.34. The highest BCUT2D eigenvalue weighted by Gasteiger charge is 2.34. The Morgan fingerprint density at radius 1 is 0.907 bits per heavy atom. The average molecular weight is 651 g/mol. The fourth-order valence-corrected chi connectivity index (χ4v) is 6.16. The SMILES string of the molecule is CCC(C)NC(=O)C(CC)N(Cc1ccccc1Cl)C(=O)CN(c1ccc(Cl)cc1)S(=O)(=O)c1ccc(OC)c(OC)c1. The van der Waals surface area contributed by atoms with Crippen molar-refractivity contribution in [3.63, 3.8) is 0 Å². The smallest absolute Gasteiger partial charge is 0.264 e. The minimum atomic E-state index is -4.33. The topological polar surface area (TPSA) is 105 Å². The Morgan fingerprint density at radius 3 is 2.14 bits per heavy atom. The number of ether oxygens (including phenoxy) is 2. The highest BCUT2D eigenvalue weighted by atomic mass is 35.5. The predicted molar refractivity (Wildman–Crippen MR) is 170 cm³/mol. The number of amides is 2. The second kappa shape index (κ2) is 15.3. The van der Waals surface area contributed by atoms with Crippen LogP contribution in [0, 0.1) is 0 Å². The molecule has 0 aliphatic rings. The van der Waals surface area contributed by atoms with Gasteiger partial charge in [-0.1, -0.05) is 55.2 Å². The zero-order valence-electron chi connectivity index (χ0n) is 24.8. The van der Waals surface area contributed by atoms with Crippen LogP contribution in [0.5, 0.6) is 11.5 Å². The molecule has 0 fully saturated rings. The maximum absolute atomic E-state index is 14.2. The fraction of sp³-hybridized carbons (Fsp3) is 0.355. The summed E-state index contributed by atoms with van der Waals surface area (Å²) in [5.41, 5.74) is 0.829. The molecular weight excluding hydrogens is 613 g/mol. The Labute approximate surface area is 263 Å². The van der Waals surface area contributed by atoms with Crippen LogP contribution in [0.2, 0.25) is 10.0 Å². The van der Waals surface area contributed by atoms with Gasteiger partial charge in [-0.2, -0.15) is 0 Å². The molecule has 2 unspecified atom stereocenters. The number of carbonyl (C=O) groups excluding carboxylic acids is 2. The number of nitrogens with zero attached hydrogens (tertiary/aromatic N) is 2. The van der Waals surface area contributed by atoms with Crippen molar-refractivity contribution in [1.82, 2.24) is 10.2 Å². The number of sulfonamides is 1. The second-order valence-corrected chi connectivity index (χ2v) is 12.6. The van der Waals surface area contributed by atoms with Crippen LogP contribution >= 0.6 is 23.2 Å². The number of hydrogen-bond donors (Lipinski definition) is 1. The van der Waals surface area contributed by atoms with Crippen LogP contribution in [0.15, 0.2) is 71.6 Å². The third-order valence-electron chi connectivity index (χ3n) is 7.02. The summed E-state index contributed by atoms with van der Waals surface area (Å²) in [6.07, 6.45) is 0.996. The number of carbonyl (C=O) groups is 2. The van der Waals surface area contributed by atoms with Gasteiger partial charge in [0.1, 0.15) is 12.6 Å². The van der Waals surface area contributed by atoms with Gasteiger partial charge in [-0.3, -0.25) is 13.9 Å². The summed E-state index contributed by atoms with van der Waals surface area (Å²) in [5.74, 6) is -0.373. The van der Waals surface area contributed by atoms with Gasteiger partial charge >= 0.3 is 0 Å². The maximum atomic E-state index is 14.2. The summed E-state index contributed by atoms with van der Waals surface area (Å²) >= 11 is 12.6. The van der Waals surface area contributed by atoms with Gasteiger partial charge in [-0.25, -0.2) is 8.42 Å². The van der Waals surface area contributed by atoms with Gasteiger partial charge in [-0.15, -0.1) is 0 Å². The van der Waals surface area contributed by atoms with Crippen molar-refractivity contribution < 1.29 is 27.5 Å². The molecular formula is C31H37Cl2N3O6S. The zero-order chi connectivity index (χ0) is 31.7. The highest BCUT2D eigenvalue weighted by Crippen LogP contribution is 2.33. The molecule has 9 nitrogen and oxygen atoms in total. The van der Waals surface area contributed by atoms with Crippen molar-refractivity contribution in [3.05, 3.63) is 82.3 Å². The van der Waals surface area contributed by atoms with E-state index in [1.807, 2.05) is 13.8 Å². The van der Waals surface area contributed by atoms with E-state index in [0.717, 1.165) is 4.31 Å². The summed E-state index contributed by atoms with van der Waals surface area (Å²) < 4.78 is 39.9. The molecule has 3 aromatic rings. The molecule has 0 bridgehead atoms. The number of nitrogens with one attached hydrogen (secondary N) is 1. The van der Waals surface area contributed by atoms with Crippen LogP contribution in [-0.4, -0.2) is 58.0 Å². The molecule has 0 saturated heterocycles. The molecule has 2 amide bonds. The minimum absolute atomic E-state index is 0.00416. The zero-order valence-corrected chi connectivity index (χ0v) is 27.2. The van der Waals surface area contributed by atoms with E-state index in [4.69, 9.17) is 32.7 Å². The molecule has 0 aliphatic heterocycles. The number of anilines is 1. The van der Waals surface area contributed by atoms with E-state index >= 15 is 0 Å². The first kappa shape index (κ1) is 34.0. The Bertz CT molecular complexity index is 1520. The van der Waals surface area contributed by atoms with Crippen LogP contribution in [0.4, 0.5) is 5.69 Å². The van der Waals surface area contributed by atoms with E-state index in [0.29, 0.717) is 34.2 Å².